The topological polar surface area (TPSA) is 62.7 Å². The fourth-order valence-electron chi connectivity index (χ4n) is 1.71. The van der Waals surface area contributed by atoms with E-state index < -0.39 is 0 Å². The Morgan fingerprint density at radius 3 is 3.06 bits per heavy atom. The predicted molar refractivity (Wildman–Crippen MR) is 67.1 cm³/mol. The minimum Gasteiger partial charge on any atom is -0.354 e. The van der Waals surface area contributed by atoms with Gasteiger partial charge in [-0.2, -0.15) is 5.10 Å². The molecule has 1 amide bonds. The van der Waals surface area contributed by atoms with Gasteiger partial charge in [-0.1, -0.05) is 6.92 Å². The fourth-order valence-corrected chi connectivity index (χ4v) is 1.92. The lowest BCUT2D eigenvalue weighted by atomic mass is 10.3. The Balaban J connectivity index is 1.93. The second-order valence-electron chi connectivity index (χ2n) is 4.53. The molecule has 1 aromatic rings. The molecule has 1 fully saturated rings. The second-order valence-corrected chi connectivity index (χ2v) is 4.92. The van der Waals surface area contributed by atoms with E-state index in [1.807, 2.05) is 0 Å². The lowest BCUT2D eigenvalue weighted by molar-refractivity contribution is -0.121. The zero-order chi connectivity index (χ0) is 12.3. The lowest BCUT2D eigenvalue weighted by Gasteiger charge is -2.07. The Hall–Kier alpha value is -1.17. The normalized spacial score (nSPS) is 14.9. The standard InChI is InChI=1S/C11H18N4OS/c1-2-3-9-13-14-11(17)15(9)7-10(16)12-6-8-4-5-8/h8H,2-7H2,1H3,(H,12,16)(H,14,17). The summed E-state index contributed by atoms with van der Waals surface area (Å²) in [6.07, 6.45) is 4.31. The highest BCUT2D eigenvalue weighted by Gasteiger charge is 2.21. The quantitative estimate of drug-likeness (QED) is 0.755. The van der Waals surface area contributed by atoms with Crippen LogP contribution in [0, 0.1) is 10.7 Å². The van der Waals surface area contributed by atoms with Crippen molar-refractivity contribution in [3.63, 3.8) is 0 Å². The summed E-state index contributed by atoms with van der Waals surface area (Å²) < 4.78 is 2.30. The van der Waals surface area contributed by atoms with Crippen molar-refractivity contribution in [1.82, 2.24) is 20.1 Å². The number of aryl methyl sites for hydroxylation is 1. The number of hydrogen-bond donors (Lipinski definition) is 2. The van der Waals surface area contributed by atoms with E-state index in [2.05, 4.69) is 22.4 Å². The number of rotatable bonds is 6. The van der Waals surface area contributed by atoms with Crippen molar-refractivity contribution in [3.8, 4) is 0 Å². The van der Waals surface area contributed by atoms with Gasteiger partial charge < -0.3 is 5.32 Å². The van der Waals surface area contributed by atoms with E-state index in [9.17, 15) is 4.79 Å². The molecule has 1 aromatic heterocycles. The molecular formula is C11H18N4OS. The number of aromatic nitrogens is 3. The molecule has 0 aromatic carbocycles. The maximum absolute atomic E-state index is 11.7. The summed E-state index contributed by atoms with van der Waals surface area (Å²) in [6.45, 7) is 3.15. The molecule has 1 aliphatic rings. The minimum absolute atomic E-state index is 0.0201. The third kappa shape index (κ3) is 3.39. The van der Waals surface area contributed by atoms with Crippen molar-refractivity contribution in [3.05, 3.63) is 10.6 Å². The van der Waals surface area contributed by atoms with Gasteiger partial charge in [0.1, 0.15) is 12.4 Å². The van der Waals surface area contributed by atoms with Crippen LogP contribution in [0.1, 0.15) is 32.0 Å². The number of carbonyl (C=O) groups is 1. The summed E-state index contributed by atoms with van der Waals surface area (Å²) >= 11 is 5.12. The van der Waals surface area contributed by atoms with Gasteiger partial charge >= 0.3 is 0 Å². The second kappa shape index (κ2) is 5.44. The van der Waals surface area contributed by atoms with Crippen molar-refractivity contribution in [1.29, 1.82) is 0 Å². The van der Waals surface area contributed by atoms with Gasteiger partial charge in [0.25, 0.3) is 0 Å². The van der Waals surface area contributed by atoms with Crippen molar-refractivity contribution in [2.75, 3.05) is 6.54 Å². The number of aromatic amines is 1. The zero-order valence-corrected chi connectivity index (χ0v) is 10.8. The van der Waals surface area contributed by atoms with Crippen LogP contribution in [0.3, 0.4) is 0 Å². The summed E-state index contributed by atoms with van der Waals surface area (Å²) in [5.41, 5.74) is 0. The number of amides is 1. The molecule has 0 unspecified atom stereocenters. The first-order valence-electron chi connectivity index (χ1n) is 6.11. The summed E-state index contributed by atoms with van der Waals surface area (Å²) in [5.74, 6) is 1.58. The summed E-state index contributed by atoms with van der Waals surface area (Å²) in [6, 6.07) is 0. The molecule has 0 aliphatic heterocycles. The van der Waals surface area contributed by atoms with Crippen LogP contribution in [0.2, 0.25) is 0 Å². The van der Waals surface area contributed by atoms with E-state index in [0.29, 0.717) is 10.7 Å². The molecule has 0 radical (unpaired) electrons. The van der Waals surface area contributed by atoms with Gasteiger partial charge in [0, 0.05) is 13.0 Å². The van der Waals surface area contributed by atoms with Gasteiger partial charge in [-0.25, -0.2) is 0 Å². The van der Waals surface area contributed by atoms with Crippen molar-refractivity contribution in [2.45, 2.75) is 39.2 Å². The van der Waals surface area contributed by atoms with E-state index in [0.717, 1.165) is 25.2 Å². The van der Waals surface area contributed by atoms with Crippen LogP contribution in [0.25, 0.3) is 0 Å². The molecule has 0 saturated heterocycles. The Labute approximate surface area is 106 Å². The molecular weight excluding hydrogens is 236 g/mol. The predicted octanol–water partition coefficient (Wildman–Crippen LogP) is 1.42. The van der Waals surface area contributed by atoms with Crippen LogP contribution >= 0.6 is 12.2 Å². The van der Waals surface area contributed by atoms with Crippen LogP contribution < -0.4 is 5.32 Å². The number of nitrogens with one attached hydrogen (secondary N) is 2. The molecule has 0 atom stereocenters. The third-order valence-corrected chi connectivity index (χ3v) is 3.21. The Morgan fingerprint density at radius 1 is 1.65 bits per heavy atom. The molecule has 6 heteroatoms. The van der Waals surface area contributed by atoms with Crippen molar-refractivity contribution in [2.24, 2.45) is 5.92 Å². The molecule has 5 nitrogen and oxygen atoms in total. The summed E-state index contributed by atoms with van der Waals surface area (Å²) in [7, 11) is 0. The highest BCUT2D eigenvalue weighted by molar-refractivity contribution is 7.71. The monoisotopic (exact) mass is 254 g/mol. The molecule has 2 N–H and O–H groups in total. The SMILES string of the molecule is CCCc1n[nH]c(=S)n1CC(=O)NCC1CC1. The van der Waals surface area contributed by atoms with Crippen LogP contribution in [-0.2, 0) is 17.8 Å². The molecule has 2 rings (SSSR count). The van der Waals surface area contributed by atoms with Gasteiger partial charge in [0.05, 0.1) is 0 Å². The number of carbonyl (C=O) groups excluding carboxylic acids is 1. The van der Waals surface area contributed by atoms with Crippen LogP contribution in [0.15, 0.2) is 0 Å². The molecule has 17 heavy (non-hydrogen) atoms. The van der Waals surface area contributed by atoms with E-state index >= 15 is 0 Å². The Kier molecular flexibility index (Phi) is 3.93. The first kappa shape index (κ1) is 12.3. The van der Waals surface area contributed by atoms with Crippen molar-refractivity contribution >= 4 is 18.1 Å². The molecule has 94 valence electrons. The largest absolute Gasteiger partial charge is 0.354 e. The van der Waals surface area contributed by atoms with E-state index in [1.165, 1.54) is 12.8 Å². The summed E-state index contributed by atoms with van der Waals surface area (Å²) in [5, 5.41) is 9.80. The maximum Gasteiger partial charge on any atom is 0.240 e. The van der Waals surface area contributed by atoms with Crippen molar-refractivity contribution < 1.29 is 4.79 Å². The first-order valence-corrected chi connectivity index (χ1v) is 6.52. The average Bonchev–Trinajstić information content (AvgIpc) is 3.07. The Bertz CT molecular complexity index is 447. The fraction of sp³-hybridized carbons (Fsp3) is 0.727. The summed E-state index contributed by atoms with van der Waals surface area (Å²) in [4.78, 5) is 11.7. The van der Waals surface area contributed by atoms with Gasteiger partial charge in [0.2, 0.25) is 5.91 Å². The van der Waals surface area contributed by atoms with Gasteiger partial charge in [-0.3, -0.25) is 14.5 Å². The lowest BCUT2D eigenvalue weighted by Crippen LogP contribution is -2.29. The molecule has 1 aliphatic carbocycles. The molecule has 0 bridgehead atoms. The Morgan fingerprint density at radius 2 is 2.41 bits per heavy atom. The third-order valence-electron chi connectivity index (χ3n) is 2.90. The highest BCUT2D eigenvalue weighted by Crippen LogP contribution is 2.27. The van der Waals surface area contributed by atoms with Crippen LogP contribution in [-0.4, -0.2) is 27.2 Å². The number of hydrogen-bond acceptors (Lipinski definition) is 3. The molecule has 1 heterocycles. The number of H-pyrrole nitrogens is 1. The molecule has 0 spiro atoms. The van der Waals surface area contributed by atoms with Gasteiger partial charge in [-0.05, 0) is 37.4 Å². The van der Waals surface area contributed by atoms with Crippen LogP contribution in [0.4, 0.5) is 0 Å². The zero-order valence-electron chi connectivity index (χ0n) is 10.0. The highest BCUT2D eigenvalue weighted by atomic mass is 32.1. The number of nitrogens with zero attached hydrogens (tertiary/aromatic N) is 2. The van der Waals surface area contributed by atoms with E-state index in [4.69, 9.17) is 12.2 Å². The van der Waals surface area contributed by atoms with Gasteiger partial charge in [-0.15, -0.1) is 0 Å². The van der Waals surface area contributed by atoms with Gasteiger partial charge in [0.15, 0.2) is 4.77 Å². The van der Waals surface area contributed by atoms with E-state index in [-0.39, 0.29) is 12.5 Å². The first-order chi connectivity index (χ1) is 8.20. The van der Waals surface area contributed by atoms with Crippen LogP contribution in [0.5, 0.6) is 0 Å². The molecule has 1 saturated carbocycles. The van der Waals surface area contributed by atoms with E-state index in [1.54, 1.807) is 4.57 Å². The minimum atomic E-state index is 0.0201. The maximum atomic E-state index is 11.7. The average molecular weight is 254 g/mol. The smallest absolute Gasteiger partial charge is 0.240 e.